The molecule has 0 fully saturated rings. The highest BCUT2D eigenvalue weighted by atomic mass is 19.2. The van der Waals surface area contributed by atoms with Crippen LogP contribution in [0.5, 0.6) is 0 Å². The van der Waals surface area contributed by atoms with Crippen molar-refractivity contribution in [2.75, 3.05) is 16.8 Å². The van der Waals surface area contributed by atoms with Crippen molar-refractivity contribution < 1.29 is 13.6 Å². The van der Waals surface area contributed by atoms with E-state index < -0.39 is 17.5 Å². The van der Waals surface area contributed by atoms with Crippen LogP contribution in [0.2, 0.25) is 0 Å². The average molecular weight is 444 g/mol. The Hall–Kier alpha value is -4.40. The van der Waals surface area contributed by atoms with E-state index in [4.69, 9.17) is 0 Å². The van der Waals surface area contributed by atoms with Gasteiger partial charge in [-0.05, 0) is 39.8 Å². The SMILES string of the molecule is O=C(CN1C(c2ccccc2)=CC(c2ccccc2)n2nnnc21)Nc1ccc(F)c(F)c1. The summed E-state index contributed by atoms with van der Waals surface area (Å²) in [6.45, 7) is -0.137. The first-order chi connectivity index (χ1) is 16.1. The fourth-order valence-electron chi connectivity index (χ4n) is 3.79. The molecule has 9 heteroatoms. The molecule has 0 saturated heterocycles. The molecule has 1 aliphatic heterocycles. The molecule has 1 N–H and O–H groups in total. The minimum absolute atomic E-state index is 0.137. The predicted octanol–water partition coefficient (Wildman–Crippen LogP) is 4.04. The number of carbonyl (C=O) groups is 1. The number of rotatable bonds is 5. The van der Waals surface area contributed by atoms with Gasteiger partial charge in [-0.2, -0.15) is 4.68 Å². The second-order valence-corrected chi connectivity index (χ2v) is 7.46. The van der Waals surface area contributed by atoms with Crippen LogP contribution in [-0.2, 0) is 4.79 Å². The van der Waals surface area contributed by atoms with Gasteiger partial charge in [0.05, 0.1) is 5.70 Å². The van der Waals surface area contributed by atoms with Crippen molar-refractivity contribution in [3.8, 4) is 0 Å². The number of fused-ring (bicyclic) bond motifs is 1. The van der Waals surface area contributed by atoms with Crippen LogP contribution in [0.15, 0.2) is 84.9 Å². The zero-order valence-electron chi connectivity index (χ0n) is 17.3. The third-order valence-corrected chi connectivity index (χ3v) is 5.30. The number of hydrogen-bond donors (Lipinski definition) is 1. The summed E-state index contributed by atoms with van der Waals surface area (Å²) in [7, 11) is 0. The topological polar surface area (TPSA) is 75.9 Å². The van der Waals surface area contributed by atoms with Crippen molar-refractivity contribution in [3.63, 3.8) is 0 Å². The van der Waals surface area contributed by atoms with Crippen molar-refractivity contribution in [2.24, 2.45) is 0 Å². The first-order valence-corrected chi connectivity index (χ1v) is 10.2. The minimum Gasteiger partial charge on any atom is -0.324 e. The molecule has 5 rings (SSSR count). The van der Waals surface area contributed by atoms with Crippen molar-refractivity contribution in [2.45, 2.75) is 6.04 Å². The molecular weight excluding hydrogens is 426 g/mol. The van der Waals surface area contributed by atoms with Crippen molar-refractivity contribution in [3.05, 3.63) is 108 Å². The van der Waals surface area contributed by atoms with Crippen LogP contribution in [0.3, 0.4) is 0 Å². The number of nitrogens with one attached hydrogen (secondary N) is 1. The second kappa shape index (κ2) is 8.62. The van der Waals surface area contributed by atoms with Gasteiger partial charge in [-0.15, -0.1) is 0 Å². The lowest BCUT2D eigenvalue weighted by Gasteiger charge is -2.32. The van der Waals surface area contributed by atoms with Crippen molar-refractivity contribution >= 4 is 23.2 Å². The zero-order chi connectivity index (χ0) is 22.8. The molecule has 4 aromatic rings. The maximum Gasteiger partial charge on any atom is 0.251 e. The lowest BCUT2D eigenvalue weighted by Crippen LogP contribution is -2.37. The number of hydrogen-bond acceptors (Lipinski definition) is 5. The van der Waals surface area contributed by atoms with Gasteiger partial charge in [0.15, 0.2) is 11.6 Å². The molecule has 2 heterocycles. The molecule has 1 aliphatic rings. The first kappa shape index (κ1) is 20.5. The van der Waals surface area contributed by atoms with Crippen LogP contribution in [0, 0.1) is 11.6 Å². The highest BCUT2D eigenvalue weighted by molar-refractivity contribution is 5.97. The summed E-state index contributed by atoms with van der Waals surface area (Å²) in [5.74, 6) is -2.06. The lowest BCUT2D eigenvalue weighted by atomic mass is 10.0. The van der Waals surface area contributed by atoms with E-state index in [0.29, 0.717) is 5.95 Å². The van der Waals surface area contributed by atoms with E-state index in [2.05, 4.69) is 20.8 Å². The average Bonchev–Trinajstić information content (AvgIpc) is 3.33. The molecule has 0 saturated carbocycles. The Morgan fingerprint density at radius 2 is 1.67 bits per heavy atom. The molecule has 1 unspecified atom stereocenters. The summed E-state index contributed by atoms with van der Waals surface area (Å²) in [5, 5.41) is 14.8. The number of tetrazole rings is 1. The van der Waals surface area contributed by atoms with Crippen molar-refractivity contribution in [1.82, 2.24) is 20.2 Å². The van der Waals surface area contributed by atoms with Crippen LogP contribution in [0.25, 0.3) is 5.70 Å². The van der Waals surface area contributed by atoms with Crippen LogP contribution in [0.1, 0.15) is 17.2 Å². The smallest absolute Gasteiger partial charge is 0.251 e. The molecule has 7 nitrogen and oxygen atoms in total. The summed E-state index contributed by atoms with van der Waals surface area (Å²) < 4.78 is 28.4. The lowest BCUT2D eigenvalue weighted by molar-refractivity contribution is -0.114. The molecule has 0 aliphatic carbocycles. The minimum atomic E-state index is -1.04. The van der Waals surface area contributed by atoms with Crippen LogP contribution < -0.4 is 10.2 Å². The van der Waals surface area contributed by atoms with E-state index in [9.17, 15) is 13.6 Å². The molecule has 1 aromatic heterocycles. The van der Waals surface area contributed by atoms with E-state index in [1.807, 2.05) is 66.7 Å². The molecular formula is C24H18F2N6O. The quantitative estimate of drug-likeness (QED) is 0.503. The number of allylic oxidation sites excluding steroid dienone is 1. The second-order valence-electron chi connectivity index (χ2n) is 7.46. The summed E-state index contributed by atoms with van der Waals surface area (Å²) in [6.07, 6.45) is 2.00. The van der Waals surface area contributed by atoms with Gasteiger partial charge in [0.1, 0.15) is 12.6 Å². The van der Waals surface area contributed by atoms with Gasteiger partial charge < -0.3 is 5.32 Å². The van der Waals surface area contributed by atoms with Crippen LogP contribution in [0.4, 0.5) is 20.4 Å². The summed E-state index contributed by atoms with van der Waals surface area (Å²) >= 11 is 0. The van der Waals surface area contributed by atoms with Gasteiger partial charge in [0, 0.05) is 11.8 Å². The molecule has 0 radical (unpaired) electrons. The highest BCUT2D eigenvalue weighted by Crippen LogP contribution is 2.36. The normalized spacial score (nSPS) is 15.0. The monoisotopic (exact) mass is 444 g/mol. The van der Waals surface area contributed by atoms with E-state index in [0.717, 1.165) is 29.0 Å². The molecule has 0 spiro atoms. The van der Waals surface area contributed by atoms with Gasteiger partial charge in [-0.25, -0.2) is 8.78 Å². The molecule has 164 valence electrons. The van der Waals surface area contributed by atoms with Crippen LogP contribution in [-0.4, -0.2) is 32.7 Å². The van der Waals surface area contributed by atoms with E-state index in [1.54, 1.807) is 9.58 Å². The fourth-order valence-corrected chi connectivity index (χ4v) is 3.79. The van der Waals surface area contributed by atoms with E-state index >= 15 is 0 Å². The Balaban J connectivity index is 1.51. The van der Waals surface area contributed by atoms with Gasteiger partial charge in [-0.1, -0.05) is 65.8 Å². The van der Waals surface area contributed by atoms with E-state index in [-0.39, 0.29) is 18.3 Å². The molecule has 3 aromatic carbocycles. The number of aromatic nitrogens is 4. The maximum absolute atomic E-state index is 13.6. The largest absolute Gasteiger partial charge is 0.324 e. The summed E-state index contributed by atoms with van der Waals surface area (Å²) in [4.78, 5) is 14.6. The third kappa shape index (κ3) is 4.08. The Kier molecular flexibility index (Phi) is 5.35. The molecule has 33 heavy (non-hydrogen) atoms. The Morgan fingerprint density at radius 1 is 0.939 bits per heavy atom. The number of halogens is 2. The predicted molar refractivity (Wildman–Crippen MR) is 119 cm³/mol. The zero-order valence-corrected chi connectivity index (χ0v) is 17.3. The Morgan fingerprint density at radius 3 is 2.39 bits per heavy atom. The Bertz CT molecular complexity index is 1320. The first-order valence-electron chi connectivity index (χ1n) is 10.2. The summed E-state index contributed by atoms with van der Waals surface area (Å²) in [6, 6.07) is 22.3. The molecule has 1 amide bonds. The van der Waals surface area contributed by atoms with Gasteiger partial charge >= 0.3 is 0 Å². The van der Waals surface area contributed by atoms with Gasteiger partial charge in [-0.3, -0.25) is 9.69 Å². The van der Waals surface area contributed by atoms with Gasteiger partial charge in [0.25, 0.3) is 5.95 Å². The molecule has 0 bridgehead atoms. The standard InChI is InChI=1S/C24H18F2N6O/c25-19-12-11-18(13-20(19)26)27-23(33)15-31-21(16-7-3-1-4-8-16)14-22(17-9-5-2-6-10-17)32-24(31)28-29-30-32/h1-14,22H,15H2,(H,27,33). The Labute approximate surface area is 188 Å². The third-order valence-electron chi connectivity index (χ3n) is 5.30. The number of amides is 1. The van der Waals surface area contributed by atoms with Crippen LogP contribution >= 0.6 is 0 Å². The highest BCUT2D eigenvalue weighted by Gasteiger charge is 2.31. The number of benzene rings is 3. The number of anilines is 2. The summed E-state index contributed by atoms with van der Waals surface area (Å²) in [5.41, 5.74) is 2.79. The number of carbonyl (C=O) groups excluding carboxylic acids is 1. The molecule has 1 atom stereocenters. The fraction of sp³-hybridized carbons (Fsp3) is 0.0833. The van der Waals surface area contributed by atoms with Crippen molar-refractivity contribution in [1.29, 1.82) is 0 Å². The van der Waals surface area contributed by atoms with E-state index in [1.165, 1.54) is 6.07 Å². The maximum atomic E-state index is 13.6. The van der Waals surface area contributed by atoms with Gasteiger partial charge in [0.2, 0.25) is 5.91 Å². The number of nitrogens with zero attached hydrogens (tertiary/aromatic N) is 5.